The molecular formula is C57H97NO8. The van der Waals surface area contributed by atoms with Crippen LogP contribution in [-0.2, 0) is 14.3 Å². The van der Waals surface area contributed by atoms with E-state index in [0.29, 0.717) is 6.42 Å². The van der Waals surface area contributed by atoms with Gasteiger partial charge in [0, 0.05) is 6.42 Å². The van der Waals surface area contributed by atoms with Crippen molar-refractivity contribution in [1.82, 2.24) is 5.32 Å². The molecule has 7 unspecified atom stereocenters. The molecule has 0 aromatic rings. The zero-order chi connectivity index (χ0) is 48.0. The number of amides is 1. The van der Waals surface area contributed by atoms with Crippen LogP contribution in [0.5, 0.6) is 0 Å². The molecule has 1 saturated heterocycles. The van der Waals surface area contributed by atoms with Gasteiger partial charge in [-0.1, -0.05) is 201 Å². The van der Waals surface area contributed by atoms with E-state index in [1.54, 1.807) is 6.08 Å². The summed E-state index contributed by atoms with van der Waals surface area (Å²) in [5, 5.41) is 54.3. The summed E-state index contributed by atoms with van der Waals surface area (Å²) < 4.78 is 11.2. The molecule has 0 aromatic heterocycles. The molecule has 6 N–H and O–H groups in total. The Morgan fingerprint density at radius 3 is 1.45 bits per heavy atom. The van der Waals surface area contributed by atoms with Gasteiger partial charge in [0.2, 0.25) is 5.91 Å². The van der Waals surface area contributed by atoms with Gasteiger partial charge in [0.05, 0.1) is 25.4 Å². The second-order valence-corrected chi connectivity index (χ2v) is 17.9. The highest BCUT2D eigenvalue weighted by molar-refractivity contribution is 5.76. The van der Waals surface area contributed by atoms with Crippen molar-refractivity contribution in [2.45, 2.75) is 243 Å². The van der Waals surface area contributed by atoms with Gasteiger partial charge in [-0.2, -0.15) is 0 Å². The van der Waals surface area contributed by atoms with E-state index >= 15 is 0 Å². The van der Waals surface area contributed by atoms with Crippen LogP contribution >= 0.6 is 0 Å². The topological polar surface area (TPSA) is 149 Å². The van der Waals surface area contributed by atoms with Crippen molar-refractivity contribution in [1.29, 1.82) is 0 Å². The Morgan fingerprint density at radius 2 is 0.955 bits per heavy atom. The van der Waals surface area contributed by atoms with Gasteiger partial charge in [0.1, 0.15) is 24.4 Å². The SMILES string of the molecule is CC/C=C\C/C=C\C/C=C\C/C=C\C/C=C\CCCCCCCCCCCCCC(=O)NC(COC1OC(CO)C(O)C(O)C1O)C(O)/C=C/CC/C=C/CC/C=C/CCCCCCCC. The Labute approximate surface area is 403 Å². The minimum atomic E-state index is -1.58. The second-order valence-electron chi connectivity index (χ2n) is 17.9. The van der Waals surface area contributed by atoms with Crippen molar-refractivity contribution in [3.8, 4) is 0 Å². The molecule has 1 amide bonds. The first-order valence-electron chi connectivity index (χ1n) is 26.5. The molecule has 0 radical (unpaired) electrons. The summed E-state index contributed by atoms with van der Waals surface area (Å²) in [6.07, 6.45) is 58.8. The van der Waals surface area contributed by atoms with Gasteiger partial charge in [-0.3, -0.25) is 4.79 Å². The highest BCUT2D eigenvalue weighted by Crippen LogP contribution is 2.22. The molecule has 66 heavy (non-hydrogen) atoms. The number of carbonyl (C=O) groups is 1. The molecule has 1 aliphatic heterocycles. The summed E-state index contributed by atoms with van der Waals surface area (Å²) in [5.41, 5.74) is 0. The van der Waals surface area contributed by atoms with Gasteiger partial charge in [-0.05, 0) is 89.9 Å². The summed E-state index contributed by atoms with van der Waals surface area (Å²) >= 11 is 0. The molecule has 9 heteroatoms. The number of unbranched alkanes of at least 4 members (excludes halogenated alkanes) is 19. The third-order valence-corrected chi connectivity index (χ3v) is 11.9. The number of aliphatic hydroxyl groups excluding tert-OH is 5. The van der Waals surface area contributed by atoms with Crippen molar-refractivity contribution in [2.75, 3.05) is 13.2 Å². The van der Waals surface area contributed by atoms with Gasteiger partial charge >= 0.3 is 0 Å². The first kappa shape index (κ1) is 61.1. The predicted octanol–water partition coefficient (Wildman–Crippen LogP) is 12.5. The maximum Gasteiger partial charge on any atom is 0.220 e. The average molecular weight is 924 g/mol. The zero-order valence-electron chi connectivity index (χ0n) is 41.7. The highest BCUT2D eigenvalue weighted by Gasteiger charge is 2.44. The minimum Gasteiger partial charge on any atom is -0.394 e. The normalized spacial score (nSPS) is 20.6. The van der Waals surface area contributed by atoms with Crippen LogP contribution in [0.25, 0.3) is 0 Å². The van der Waals surface area contributed by atoms with Crippen molar-refractivity contribution < 1.29 is 39.8 Å². The smallest absolute Gasteiger partial charge is 0.220 e. The Hall–Kier alpha value is -2.89. The van der Waals surface area contributed by atoms with Crippen LogP contribution in [0.3, 0.4) is 0 Å². The molecule has 1 fully saturated rings. The first-order chi connectivity index (χ1) is 32.3. The van der Waals surface area contributed by atoms with Gasteiger partial charge in [-0.15, -0.1) is 0 Å². The van der Waals surface area contributed by atoms with Crippen LogP contribution in [-0.4, -0.2) is 87.5 Å². The lowest BCUT2D eigenvalue weighted by molar-refractivity contribution is -0.302. The van der Waals surface area contributed by atoms with Crippen LogP contribution in [0.15, 0.2) is 97.2 Å². The first-order valence-corrected chi connectivity index (χ1v) is 26.5. The lowest BCUT2D eigenvalue weighted by Gasteiger charge is -2.40. The fourth-order valence-electron chi connectivity index (χ4n) is 7.68. The standard InChI is InChI=1S/C57H97NO8/c1-3-5-7-9-11-13-15-17-19-21-22-23-24-25-26-27-28-29-30-31-33-35-37-39-41-43-45-47-53(61)58-50(49-65-57-56(64)55(63)54(62)52(48-59)66-57)51(60)46-44-42-40-38-36-34-32-20-18-16-14-12-10-8-6-4-2/h5,7,11,13,17-20,22-23,25-26,36,38,44,46,50-52,54-57,59-60,62-64H,3-4,6,8-10,12,14-16,21,24,27-35,37,39-43,45,47-49H2,1-2H3,(H,58,61)/b7-5-,13-11-,19-17-,20-18+,23-22-,26-25-,38-36+,46-44+. The summed E-state index contributed by atoms with van der Waals surface area (Å²) in [4.78, 5) is 13.0. The maximum absolute atomic E-state index is 13.0. The van der Waals surface area contributed by atoms with Crippen molar-refractivity contribution >= 4 is 5.91 Å². The summed E-state index contributed by atoms with van der Waals surface area (Å²) in [6, 6.07) is -0.835. The van der Waals surface area contributed by atoms with Gasteiger partial charge in [0.25, 0.3) is 0 Å². The fraction of sp³-hybridized carbons (Fsp3) is 0.702. The Bertz CT molecular complexity index is 1350. The molecule has 0 saturated carbocycles. The fourth-order valence-corrected chi connectivity index (χ4v) is 7.68. The maximum atomic E-state index is 13.0. The Morgan fingerprint density at radius 1 is 0.530 bits per heavy atom. The van der Waals surface area contributed by atoms with E-state index in [4.69, 9.17) is 9.47 Å². The predicted molar refractivity (Wildman–Crippen MR) is 276 cm³/mol. The minimum absolute atomic E-state index is 0.199. The quantitative estimate of drug-likeness (QED) is 0.0262. The monoisotopic (exact) mass is 924 g/mol. The number of aliphatic hydroxyl groups is 5. The van der Waals surface area contributed by atoms with Gasteiger partial charge in [-0.25, -0.2) is 0 Å². The molecule has 1 heterocycles. The van der Waals surface area contributed by atoms with Crippen molar-refractivity contribution in [3.05, 3.63) is 97.2 Å². The molecule has 9 nitrogen and oxygen atoms in total. The van der Waals surface area contributed by atoms with E-state index in [2.05, 4.69) is 104 Å². The van der Waals surface area contributed by atoms with Crippen molar-refractivity contribution in [2.24, 2.45) is 0 Å². The molecule has 378 valence electrons. The summed E-state index contributed by atoms with van der Waals surface area (Å²) in [5.74, 6) is -0.199. The zero-order valence-corrected chi connectivity index (χ0v) is 41.7. The van der Waals surface area contributed by atoms with Crippen molar-refractivity contribution in [3.63, 3.8) is 0 Å². The third kappa shape index (κ3) is 35.3. The summed E-state index contributed by atoms with van der Waals surface area (Å²) in [7, 11) is 0. The highest BCUT2D eigenvalue weighted by atomic mass is 16.7. The van der Waals surface area contributed by atoms with Crippen LogP contribution in [0, 0.1) is 0 Å². The lowest BCUT2D eigenvalue weighted by atomic mass is 9.99. The van der Waals surface area contributed by atoms with E-state index in [-0.39, 0.29) is 12.5 Å². The molecule has 0 aliphatic carbocycles. The number of ether oxygens (including phenoxy) is 2. The van der Waals surface area contributed by atoms with Gasteiger partial charge in [0.15, 0.2) is 6.29 Å². The van der Waals surface area contributed by atoms with Crippen LogP contribution < -0.4 is 5.32 Å². The second kappa shape index (κ2) is 45.9. The van der Waals surface area contributed by atoms with E-state index in [1.165, 1.54) is 83.5 Å². The van der Waals surface area contributed by atoms with Crippen LogP contribution in [0.2, 0.25) is 0 Å². The largest absolute Gasteiger partial charge is 0.394 e. The molecule has 0 bridgehead atoms. The summed E-state index contributed by atoms with van der Waals surface area (Å²) in [6.45, 7) is 3.62. The molecular weight excluding hydrogens is 827 g/mol. The third-order valence-electron chi connectivity index (χ3n) is 11.9. The van der Waals surface area contributed by atoms with Crippen LogP contribution in [0.4, 0.5) is 0 Å². The number of carbonyl (C=O) groups excluding carboxylic acids is 1. The van der Waals surface area contributed by atoms with E-state index < -0.39 is 49.5 Å². The van der Waals surface area contributed by atoms with E-state index in [1.807, 2.05) is 6.08 Å². The number of hydrogen-bond acceptors (Lipinski definition) is 8. The lowest BCUT2D eigenvalue weighted by Crippen LogP contribution is -2.60. The molecule has 0 spiro atoms. The van der Waals surface area contributed by atoms with Gasteiger partial charge < -0.3 is 40.3 Å². The van der Waals surface area contributed by atoms with E-state index in [9.17, 15) is 30.3 Å². The Balaban J connectivity index is 2.28. The number of allylic oxidation sites excluding steroid dienone is 15. The molecule has 0 aromatic carbocycles. The number of hydrogen-bond donors (Lipinski definition) is 6. The molecule has 1 rings (SSSR count). The number of nitrogens with one attached hydrogen (secondary N) is 1. The van der Waals surface area contributed by atoms with E-state index in [0.717, 1.165) is 96.3 Å². The number of rotatable bonds is 43. The molecule has 1 aliphatic rings. The Kier molecular flexibility index (Phi) is 42.5. The van der Waals surface area contributed by atoms with Crippen LogP contribution in [0.1, 0.15) is 200 Å². The average Bonchev–Trinajstić information content (AvgIpc) is 3.32. The molecule has 7 atom stereocenters.